The van der Waals surface area contributed by atoms with Gasteiger partial charge in [-0.25, -0.2) is 21.3 Å². The zero-order chi connectivity index (χ0) is 29.1. The predicted octanol–water partition coefficient (Wildman–Crippen LogP) is 3.63. The van der Waals surface area contributed by atoms with Crippen molar-refractivity contribution in [3.63, 3.8) is 0 Å². The SMILES string of the molecule is [C-]#[N+]CCOC(OC[C@@H](CC)O[C@H](COC(=O)c1ccccc1)n1cnc2c(=O)[nH]cnc21)N(C(C)C)C(C)C. The number of nitrogens with zero attached hydrogens (tertiary/aromatic N) is 5. The van der Waals surface area contributed by atoms with Gasteiger partial charge in [0.2, 0.25) is 13.0 Å². The maximum absolute atomic E-state index is 12.7. The van der Waals surface area contributed by atoms with Crippen molar-refractivity contribution in [2.45, 2.75) is 71.9 Å². The van der Waals surface area contributed by atoms with Crippen molar-refractivity contribution < 1.29 is 23.7 Å². The van der Waals surface area contributed by atoms with Crippen LogP contribution in [0.15, 0.2) is 47.8 Å². The fourth-order valence-corrected chi connectivity index (χ4v) is 4.23. The molecule has 3 rings (SSSR count). The third-order valence-electron chi connectivity index (χ3n) is 6.17. The van der Waals surface area contributed by atoms with E-state index in [1.807, 2.05) is 13.0 Å². The minimum Gasteiger partial charge on any atom is -0.457 e. The van der Waals surface area contributed by atoms with Crippen LogP contribution in [0.25, 0.3) is 16.0 Å². The smallest absolute Gasteiger partial charge is 0.338 e. The largest absolute Gasteiger partial charge is 0.457 e. The van der Waals surface area contributed by atoms with Crippen LogP contribution < -0.4 is 5.56 Å². The number of imidazole rings is 1. The number of aromatic amines is 1. The maximum atomic E-state index is 12.7. The first-order valence-corrected chi connectivity index (χ1v) is 13.4. The summed E-state index contributed by atoms with van der Waals surface area (Å²) in [6.45, 7) is 17.7. The molecule has 2 aromatic heterocycles. The molecule has 1 aromatic carbocycles. The second-order valence-electron chi connectivity index (χ2n) is 9.67. The number of carbonyl (C=O) groups excluding carboxylic acids is 1. The van der Waals surface area contributed by atoms with Crippen molar-refractivity contribution in [1.82, 2.24) is 24.4 Å². The number of ether oxygens (including phenoxy) is 4. The number of nitrogens with one attached hydrogen (secondary N) is 1. The molecule has 12 heteroatoms. The average Bonchev–Trinajstić information content (AvgIpc) is 3.38. The van der Waals surface area contributed by atoms with Gasteiger partial charge >= 0.3 is 5.97 Å². The summed E-state index contributed by atoms with van der Waals surface area (Å²) in [5, 5.41) is 0. The first-order valence-electron chi connectivity index (χ1n) is 13.4. The lowest BCUT2D eigenvalue weighted by atomic mass is 10.2. The molecule has 0 amide bonds. The molecule has 0 fully saturated rings. The van der Waals surface area contributed by atoms with Crippen molar-refractivity contribution in [2.75, 3.05) is 26.4 Å². The lowest BCUT2D eigenvalue weighted by Crippen LogP contribution is -2.49. The van der Waals surface area contributed by atoms with Gasteiger partial charge in [-0.1, -0.05) is 25.1 Å². The molecule has 12 nitrogen and oxygen atoms in total. The Kier molecular flexibility index (Phi) is 11.8. The van der Waals surface area contributed by atoms with E-state index in [-0.39, 0.29) is 49.5 Å². The molecule has 0 spiro atoms. The molecule has 40 heavy (non-hydrogen) atoms. The van der Waals surface area contributed by atoms with Crippen LogP contribution in [-0.4, -0.2) is 81.4 Å². The van der Waals surface area contributed by atoms with Gasteiger partial charge in [0.05, 0.1) is 30.9 Å². The van der Waals surface area contributed by atoms with Crippen LogP contribution >= 0.6 is 0 Å². The predicted molar refractivity (Wildman–Crippen MR) is 148 cm³/mol. The zero-order valence-electron chi connectivity index (χ0n) is 23.6. The van der Waals surface area contributed by atoms with E-state index in [0.717, 1.165) is 0 Å². The number of hydrogen-bond donors (Lipinski definition) is 1. The Labute approximate surface area is 234 Å². The standard InChI is InChI=1S/C28H38N6O6/c1-7-22(15-39-28(37-14-13-29-6)34(19(2)3)20(4)5)40-23(16-38-27(36)21-11-9-8-10-12-21)33-18-32-24-25(33)30-17-31-26(24)35/h8-12,17-20,22-23,28H,7,13-16H2,1-5H3,(H,30,31,35)/t22-,23-,28?/m1/s1. The summed E-state index contributed by atoms with van der Waals surface area (Å²) in [7, 11) is 0. The van der Waals surface area contributed by atoms with Gasteiger partial charge in [-0.05, 0) is 46.2 Å². The van der Waals surface area contributed by atoms with Gasteiger partial charge in [-0.2, -0.15) is 0 Å². The highest BCUT2D eigenvalue weighted by atomic mass is 16.7. The summed E-state index contributed by atoms with van der Waals surface area (Å²) in [6.07, 6.45) is 1.34. The molecule has 0 bridgehead atoms. The summed E-state index contributed by atoms with van der Waals surface area (Å²) in [6, 6.07) is 8.91. The number of rotatable bonds is 16. The van der Waals surface area contributed by atoms with E-state index in [1.165, 1.54) is 12.7 Å². The van der Waals surface area contributed by atoms with Crippen molar-refractivity contribution in [2.24, 2.45) is 0 Å². The number of H-pyrrole nitrogens is 1. The van der Waals surface area contributed by atoms with Gasteiger partial charge in [-0.15, -0.1) is 0 Å². The van der Waals surface area contributed by atoms with E-state index in [2.05, 4.69) is 52.4 Å². The van der Waals surface area contributed by atoms with Gasteiger partial charge in [0.1, 0.15) is 13.2 Å². The lowest BCUT2D eigenvalue weighted by molar-refractivity contribution is -0.253. The van der Waals surface area contributed by atoms with Crippen molar-refractivity contribution in [1.29, 1.82) is 0 Å². The van der Waals surface area contributed by atoms with E-state index in [4.69, 9.17) is 25.5 Å². The first-order chi connectivity index (χ1) is 19.3. The summed E-state index contributed by atoms with van der Waals surface area (Å²) in [5.41, 5.74) is 0.462. The number of carbonyl (C=O) groups is 1. The van der Waals surface area contributed by atoms with Crippen molar-refractivity contribution in [3.05, 3.63) is 70.3 Å². The highest BCUT2D eigenvalue weighted by Gasteiger charge is 2.28. The second-order valence-corrected chi connectivity index (χ2v) is 9.67. The van der Waals surface area contributed by atoms with E-state index < -0.39 is 24.7 Å². The first kappa shape index (κ1) is 30.9. The average molecular weight is 555 g/mol. The zero-order valence-corrected chi connectivity index (χ0v) is 23.6. The Morgan fingerprint density at radius 2 is 1.82 bits per heavy atom. The Morgan fingerprint density at radius 1 is 1.10 bits per heavy atom. The molecular weight excluding hydrogens is 516 g/mol. The normalized spacial score (nSPS) is 14.0. The Hall–Kier alpha value is -3.63. The van der Waals surface area contributed by atoms with Crippen LogP contribution in [0, 0.1) is 6.57 Å². The van der Waals surface area contributed by atoms with Crippen LogP contribution in [0.5, 0.6) is 0 Å². The van der Waals surface area contributed by atoms with Crippen LogP contribution in [0.4, 0.5) is 0 Å². The Bertz CT molecular complexity index is 1290. The second kappa shape index (κ2) is 15.2. The Balaban J connectivity index is 1.81. The number of hydrogen-bond acceptors (Lipinski definition) is 9. The summed E-state index contributed by atoms with van der Waals surface area (Å²) in [5.74, 6) is -0.508. The molecule has 3 aromatic rings. The van der Waals surface area contributed by atoms with Gasteiger partial charge in [0.25, 0.3) is 5.56 Å². The number of benzene rings is 1. The van der Waals surface area contributed by atoms with E-state index >= 15 is 0 Å². The molecule has 1 unspecified atom stereocenters. The molecule has 0 saturated heterocycles. The lowest BCUT2D eigenvalue weighted by Gasteiger charge is -2.37. The molecule has 0 aliphatic rings. The van der Waals surface area contributed by atoms with E-state index in [9.17, 15) is 9.59 Å². The fourth-order valence-electron chi connectivity index (χ4n) is 4.23. The molecule has 1 N–H and O–H groups in total. The number of aromatic nitrogens is 4. The number of fused-ring (bicyclic) bond motifs is 1. The van der Waals surface area contributed by atoms with Crippen molar-refractivity contribution in [3.8, 4) is 0 Å². The van der Waals surface area contributed by atoms with Gasteiger partial charge < -0.3 is 28.8 Å². The van der Waals surface area contributed by atoms with Crippen molar-refractivity contribution >= 4 is 17.1 Å². The third kappa shape index (κ3) is 8.19. The van der Waals surface area contributed by atoms with E-state index in [1.54, 1.807) is 28.8 Å². The highest BCUT2D eigenvalue weighted by molar-refractivity contribution is 5.89. The molecule has 0 saturated carbocycles. The summed E-state index contributed by atoms with van der Waals surface area (Å²) < 4.78 is 25.7. The molecule has 0 aliphatic carbocycles. The Morgan fingerprint density at radius 3 is 2.48 bits per heavy atom. The van der Waals surface area contributed by atoms with Gasteiger partial charge in [0, 0.05) is 12.1 Å². The summed E-state index contributed by atoms with van der Waals surface area (Å²) >= 11 is 0. The third-order valence-corrected chi connectivity index (χ3v) is 6.17. The topological polar surface area (TPSA) is 125 Å². The van der Waals surface area contributed by atoms with Gasteiger partial charge in [0.15, 0.2) is 17.4 Å². The summed E-state index contributed by atoms with van der Waals surface area (Å²) in [4.78, 5) is 41.3. The van der Waals surface area contributed by atoms with Crippen LogP contribution in [0.2, 0.25) is 0 Å². The molecule has 3 atom stereocenters. The van der Waals surface area contributed by atoms with E-state index in [0.29, 0.717) is 17.6 Å². The molecule has 0 radical (unpaired) electrons. The molecule has 216 valence electrons. The van der Waals surface area contributed by atoms with Crippen LogP contribution in [0.1, 0.15) is 57.6 Å². The van der Waals surface area contributed by atoms with Crippen LogP contribution in [-0.2, 0) is 18.9 Å². The maximum Gasteiger partial charge on any atom is 0.338 e. The quantitative estimate of drug-likeness (QED) is 0.122. The minimum absolute atomic E-state index is 0.130. The molecule has 2 heterocycles. The van der Waals surface area contributed by atoms with Gasteiger partial charge in [-0.3, -0.25) is 14.3 Å². The molecular formula is C28H38N6O6. The number of esters is 1. The molecule has 0 aliphatic heterocycles. The highest BCUT2D eigenvalue weighted by Crippen LogP contribution is 2.21. The monoisotopic (exact) mass is 554 g/mol. The minimum atomic E-state index is -0.840. The fraction of sp³-hybridized carbons (Fsp3) is 0.536. The van der Waals surface area contributed by atoms with Crippen LogP contribution in [0.3, 0.4) is 0 Å².